The van der Waals surface area contributed by atoms with Crippen LogP contribution >= 0.6 is 0 Å². The summed E-state index contributed by atoms with van der Waals surface area (Å²) in [7, 11) is 1.87. The molecular formula is C16H25N3O2. The van der Waals surface area contributed by atoms with E-state index in [9.17, 15) is 9.59 Å². The van der Waals surface area contributed by atoms with Crippen LogP contribution in [-0.2, 0) is 9.59 Å². The number of carbonyl (C=O) groups is 2. The summed E-state index contributed by atoms with van der Waals surface area (Å²) in [6.45, 7) is 4.68. The Morgan fingerprint density at radius 2 is 1.62 bits per heavy atom. The van der Waals surface area contributed by atoms with Crippen LogP contribution in [0.5, 0.6) is 0 Å². The predicted molar refractivity (Wildman–Crippen MR) is 86.5 cm³/mol. The number of hydrogen-bond donors (Lipinski definition) is 3. The average molecular weight is 291 g/mol. The monoisotopic (exact) mass is 291 g/mol. The Hall–Kier alpha value is -1.88. The third-order valence-corrected chi connectivity index (χ3v) is 3.19. The maximum absolute atomic E-state index is 11.8. The Labute approximate surface area is 126 Å². The molecule has 0 aliphatic rings. The molecule has 0 unspecified atom stereocenters. The Morgan fingerprint density at radius 3 is 2.14 bits per heavy atom. The van der Waals surface area contributed by atoms with Crippen LogP contribution in [0.1, 0.15) is 38.2 Å². The number of hydrogen-bond acceptors (Lipinski definition) is 3. The number of rotatable bonds is 8. The highest BCUT2D eigenvalue weighted by molar-refractivity contribution is 5.95. The van der Waals surface area contributed by atoms with Gasteiger partial charge < -0.3 is 16.0 Å². The molecule has 0 fully saturated rings. The van der Waals surface area contributed by atoms with Gasteiger partial charge in [-0.3, -0.25) is 9.59 Å². The quantitative estimate of drug-likeness (QED) is 0.645. The highest BCUT2D eigenvalue weighted by Crippen LogP contribution is 2.23. The highest BCUT2D eigenvalue weighted by atomic mass is 16.2. The molecule has 0 aliphatic carbocycles. The second-order valence-corrected chi connectivity index (χ2v) is 5.03. The number of carbonyl (C=O) groups excluding carboxylic acids is 2. The molecule has 0 heterocycles. The van der Waals surface area contributed by atoms with Gasteiger partial charge in [0.15, 0.2) is 0 Å². The molecule has 0 atom stereocenters. The smallest absolute Gasteiger partial charge is 0.224 e. The topological polar surface area (TPSA) is 70.2 Å². The molecule has 5 heteroatoms. The molecule has 1 aromatic carbocycles. The van der Waals surface area contributed by atoms with Crippen LogP contribution in [0, 0.1) is 6.92 Å². The normalized spacial score (nSPS) is 10.2. The molecule has 0 spiro atoms. The molecule has 116 valence electrons. The molecule has 21 heavy (non-hydrogen) atoms. The fraction of sp³-hybridized carbons (Fsp3) is 0.500. The lowest BCUT2D eigenvalue weighted by molar-refractivity contribution is -0.117. The van der Waals surface area contributed by atoms with Crippen molar-refractivity contribution in [3.05, 3.63) is 23.8 Å². The minimum atomic E-state index is -0.00890. The molecular weight excluding hydrogens is 266 g/mol. The lowest BCUT2D eigenvalue weighted by atomic mass is 10.1. The molecule has 0 aromatic heterocycles. The summed E-state index contributed by atoms with van der Waals surface area (Å²) >= 11 is 0. The molecule has 0 saturated heterocycles. The minimum absolute atomic E-state index is 0.00176. The first-order chi connectivity index (χ1) is 10.1. The van der Waals surface area contributed by atoms with Crippen LogP contribution in [-0.4, -0.2) is 25.4 Å². The molecule has 0 aliphatic heterocycles. The molecule has 1 aromatic rings. The van der Waals surface area contributed by atoms with E-state index in [1.165, 1.54) is 0 Å². The van der Waals surface area contributed by atoms with Gasteiger partial charge in [0.2, 0.25) is 11.8 Å². The summed E-state index contributed by atoms with van der Waals surface area (Å²) in [5, 5.41) is 8.79. The van der Waals surface area contributed by atoms with Crippen LogP contribution in [0.4, 0.5) is 11.4 Å². The lowest BCUT2D eigenvalue weighted by Gasteiger charge is -2.13. The molecule has 3 N–H and O–H groups in total. The van der Waals surface area contributed by atoms with E-state index in [0.717, 1.165) is 36.3 Å². The minimum Gasteiger partial charge on any atom is -0.326 e. The van der Waals surface area contributed by atoms with Gasteiger partial charge in [-0.25, -0.2) is 0 Å². The molecule has 0 radical (unpaired) electrons. The number of nitrogens with one attached hydrogen (secondary N) is 3. The first kappa shape index (κ1) is 17.2. The summed E-state index contributed by atoms with van der Waals surface area (Å²) < 4.78 is 0. The highest BCUT2D eigenvalue weighted by Gasteiger charge is 2.09. The van der Waals surface area contributed by atoms with E-state index >= 15 is 0 Å². The van der Waals surface area contributed by atoms with Crippen LogP contribution in [0.3, 0.4) is 0 Å². The Bertz CT molecular complexity index is 486. The zero-order chi connectivity index (χ0) is 15.7. The summed E-state index contributed by atoms with van der Waals surface area (Å²) in [4.78, 5) is 23.5. The van der Waals surface area contributed by atoms with E-state index in [1.807, 2.05) is 39.1 Å². The molecule has 5 nitrogen and oxygen atoms in total. The zero-order valence-electron chi connectivity index (χ0n) is 13.1. The summed E-state index contributed by atoms with van der Waals surface area (Å²) in [6.07, 6.45) is 2.59. The first-order valence-corrected chi connectivity index (χ1v) is 7.42. The van der Waals surface area contributed by atoms with Crippen molar-refractivity contribution in [2.45, 2.75) is 39.5 Å². The summed E-state index contributed by atoms with van der Waals surface area (Å²) in [5.74, 6) is -0.0107. The third-order valence-electron chi connectivity index (χ3n) is 3.19. The fourth-order valence-corrected chi connectivity index (χ4v) is 1.98. The van der Waals surface area contributed by atoms with Crippen molar-refractivity contribution in [2.75, 3.05) is 24.2 Å². The Morgan fingerprint density at radius 1 is 1.05 bits per heavy atom. The van der Waals surface area contributed by atoms with Gasteiger partial charge >= 0.3 is 0 Å². The Kier molecular flexibility index (Phi) is 7.46. The van der Waals surface area contributed by atoms with Gasteiger partial charge in [0, 0.05) is 24.2 Å². The predicted octanol–water partition coefficient (Wildman–Crippen LogP) is 2.67. The third kappa shape index (κ3) is 5.95. The maximum atomic E-state index is 11.8. The van der Waals surface area contributed by atoms with Crippen molar-refractivity contribution in [3.8, 4) is 0 Å². The van der Waals surface area contributed by atoms with Crippen LogP contribution < -0.4 is 16.0 Å². The maximum Gasteiger partial charge on any atom is 0.224 e. The molecule has 0 bridgehead atoms. The largest absolute Gasteiger partial charge is 0.326 e. The van der Waals surface area contributed by atoms with Gasteiger partial charge in [-0.15, -0.1) is 0 Å². The molecule has 0 saturated carbocycles. The Balaban J connectivity index is 2.67. The van der Waals surface area contributed by atoms with Gasteiger partial charge in [-0.2, -0.15) is 0 Å². The van der Waals surface area contributed by atoms with E-state index in [4.69, 9.17) is 0 Å². The van der Waals surface area contributed by atoms with Crippen LogP contribution in [0.2, 0.25) is 0 Å². The van der Waals surface area contributed by atoms with Gasteiger partial charge in [-0.1, -0.05) is 13.0 Å². The van der Waals surface area contributed by atoms with Crippen molar-refractivity contribution < 1.29 is 9.59 Å². The van der Waals surface area contributed by atoms with Crippen LogP contribution in [0.15, 0.2) is 18.2 Å². The van der Waals surface area contributed by atoms with Gasteiger partial charge in [0.1, 0.15) is 0 Å². The summed E-state index contributed by atoms with van der Waals surface area (Å²) in [6, 6.07) is 5.53. The fourth-order valence-electron chi connectivity index (χ4n) is 1.98. The van der Waals surface area contributed by atoms with Crippen molar-refractivity contribution in [2.24, 2.45) is 0 Å². The van der Waals surface area contributed by atoms with E-state index in [2.05, 4.69) is 16.0 Å². The number of benzene rings is 1. The lowest BCUT2D eigenvalue weighted by Crippen LogP contribution is -2.17. The second-order valence-electron chi connectivity index (χ2n) is 5.03. The van der Waals surface area contributed by atoms with Crippen molar-refractivity contribution in [3.63, 3.8) is 0 Å². The zero-order valence-corrected chi connectivity index (χ0v) is 13.1. The second kappa shape index (κ2) is 9.13. The van der Waals surface area contributed by atoms with Gasteiger partial charge in [0.05, 0.1) is 0 Å². The van der Waals surface area contributed by atoms with Crippen LogP contribution in [0.25, 0.3) is 0 Å². The number of amides is 2. The molecule has 1 rings (SSSR count). The standard InChI is InChI=1S/C16H25N3O2/c1-4-7-15(20)18-13-8-5-9-14(12(13)2)19-16(21)10-6-11-17-3/h5,8-9,17H,4,6-7,10-11H2,1-3H3,(H,18,20)(H,19,21). The first-order valence-electron chi connectivity index (χ1n) is 7.42. The molecule has 2 amide bonds. The number of anilines is 2. The van der Waals surface area contributed by atoms with Gasteiger partial charge in [-0.05, 0) is 51.1 Å². The van der Waals surface area contributed by atoms with Crippen molar-refractivity contribution in [1.82, 2.24) is 5.32 Å². The summed E-state index contributed by atoms with van der Waals surface area (Å²) in [5.41, 5.74) is 2.38. The van der Waals surface area contributed by atoms with Gasteiger partial charge in [0.25, 0.3) is 0 Å². The van der Waals surface area contributed by atoms with E-state index in [0.29, 0.717) is 12.8 Å². The van der Waals surface area contributed by atoms with Crippen molar-refractivity contribution in [1.29, 1.82) is 0 Å². The van der Waals surface area contributed by atoms with E-state index < -0.39 is 0 Å². The van der Waals surface area contributed by atoms with E-state index in [-0.39, 0.29) is 11.8 Å². The van der Waals surface area contributed by atoms with Crippen molar-refractivity contribution >= 4 is 23.2 Å². The van der Waals surface area contributed by atoms with E-state index in [1.54, 1.807) is 0 Å². The SMILES string of the molecule is CCCC(=O)Nc1cccc(NC(=O)CCCNC)c1C. The average Bonchev–Trinajstić information content (AvgIpc) is 2.44.